The topological polar surface area (TPSA) is 98.2 Å². The number of hydrogen-bond donors (Lipinski definition) is 2. The molecule has 7 heteroatoms. The van der Waals surface area contributed by atoms with Gasteiger partial charge in [0.2, 0.25) is 11.9 Å². The number of carbonyl (C=O) groups excluding carboxylic acids is 1. The SMILES string of the molecule is Cc1nc2nc(N)nn2c(C)c1CCC(=O)N[C@H]1CCCc2ccccc21. The molecule has 27 heavy (non-hydrogen) atoms. The maximum atomic E-state index is 12.6. The molecule has 1 aromatic carbocycles. The number of carbonyl (C=O) groups is 1. The van der Waals surface area contributed by atoms with Gasteiger partial charge in [0.15, 0.2) is 0 Å². The van der Waals surface area contributed by atoms with Crippen LogP contribution in [0.5, 0.6) is 0 Å². The number of aryl methyl sites for hydroxylation is 3. The van der Waals surface area contributed by atoms with Crippen molar-refractivity contribution in [1.29, 1.82) is 0 Å². The lowest BCUT2D eigenvalue weighted by Crippen LogP contribution is -2.31. The largest absolute Gasteiger partial charge is 0.366 e. The molecule has 1 aliphatic rings. The van der Waals surface area contributed by atoms with E-state index >= 15 is 0 Å². The van der Waals surface area contributed by atoms with E-state index in [0.29, 0.717) is 18.6 Å². The van der Waals surface area contributed by atoms with Gasteiger partial charge in [-0.05, 0) is 56.2 Å². The standard InChI is InChI=1S/C20H24N6O/c1-12-15(13(2)26-20(22-12)24-19(21)25-26)10-11-18(27)23-17-9-5-7-14-6-3-4-8-16(14)17/h3-4,6,8,17H,5,7,9-11H2,1-2H3,(H2,21,25)(H,23,27)/t17-/m0/s1. The molecule has 0 fully saturated rings. The summed E-state index contributed by atoms with van der Waals surface area (Å²) in [5.41, 5.74) is 11.1. The predicted molar refractivity (Wildman–Crippen MR) is 103 cm³/mol. The minimum atomic E-state index is 0.0636. The zero-order chi connectivity index (χ0) is 19.0. The summed E-state index contributed by atoms with van der Waals surface area (Å²) in [6.07, 6.45) is 4.22. The van der Waals surface area contributed by atoms with Crippen molar-refractivity contribution in [3.05, 3.63) is 52.3 Å². The molecule has 1 atom stereocenters. The first-order chi connectivity index (χ1) is 13.0. The van der Waals surface area contributed by atoms with Crippen molar-refractivity contribution in [3.63, 3.8) is 0 Å². The van der Waals surface area contributed by atoms with Crippen molar-refractivity contribution in [2.24, 2.45) is 0 Å². The Kier molecular flexibility index (Phi) is 4.51. The minimum Gasteiger partial charge on any atom is -0.366 e. The molecule has 0 radical (unpaired) electrons. The second-order valence-electron chi connectivity index (χ2n) is 7.15. The second-order valence-corrected chi connectivity index (χ2v) is 7.15. The van der Waals surface area contributed by atoms with Gasteiger partial charge in [-0.2, -0.15) is 9.50 Å². The van der Waals surface area contributed by atoms with Crippen molar-refractivity contribution in [1.82, 2.24) is 24.9 Å². The van der Waals surface area contributed by atoms with E-state index in [2.05, 4.69) is 38.6 Å². The van der Waals surface area contributed by atoms with E-state index in [1.165, 1.54) is 11.1 Å². The van der Waals surface area contributed by atoms with Crippen molar-refractivity contribution in [3.8, 4) is 0 Å². The minimum absolute atomic E-state index is 0.0636. The van der Waals surface area contributed by atoms with Crippen LogP contribution in [0.15, 0.2) is 24.3 Å². The van der Waals surface area contributed by atoms with Crippen LogP contribution in [0.4, 0.5) is 5.95 Å². The monoisotopic (exact) mass is 364 g/mol. The van der Waals surface area contributed by atoms with Gasteiger partial charge in [-0.25, -0.2) is 4.98 Å². The number of nitrogens with two attached hydrogens (primary N) is 1. The van der Waals surface area contributed by atoms with E-state index < -0.39 is 0 Å². The Morgan fingerprint density at radius 1 is 1.30 bits per heavy atom. The van der Waals surface area contributed by atoms with E-state index in [9.17, 15) is 4.79 Å². The molecule has 0 spiro atoms. The maximum absolute atomic E-state index is 12.6. The number of hydrogen-bond acceptors (Lipinski definition) is 5. The third kappa shape index (κ3) is 3.37. The van der Waals surface area contributed by atoms with Crippen molar-refractivity contribution >= 4 is 17.6 Å². The maximum Gasteiger partial charge on any atom is 0.254 e. The van der Waals surface area contributed by atoms with Gasteiger partial charge >= 0.3 is 0 Å². The number of nitrogens with one attached hydrogen (secondary N) is 1. The van der Waals surface area contributed by atoms with E-state index in [1.54, 1.807) is 4.52 Å². The Hall–Kier alpha value is -2.96. The predicted octanol–water partition coefficient (Wildman–Crippen LogP) is 2.45. The van der Waals surface area contributed by atoms with Crippen LogP contribution in [-0.2, 0) is 17.6 Å². The first-order valence-corrected chi connectivity index (χ1v) is 9.38. The summed E-state index contributed by atoms with van der Waals surface area (Å²) in [4.78, 5) is 21.2. The smallest absolute Gasteiger partial charge is 0.254 e. The summed E-state index contributed by atoms with van der Waals surface area (Å²) < 4.78 is 1.65. The zero-order valence-corrected chi connectivity index (χ0v) is 15.7. The first kappa shape index (κ1) is 17.5. The molecule has 0 aliphatic heterocycles. The lowest BCUT2D eigenvalue weighted by molar-refractivity contribution is -0.121. The van der Waals surface area contributed by atoms with Gasteiger partial charge in [-0.3, -0.25) is 4.79 Å². The summed E-state index contributed by atoms with van der Waals surface area (Å²) >= 11 is 0. The fourth-order valence-electron chi connectivity index (χ4n) is 3.99. The van der Waals surface area contributed by atoms with Gasteiger partial charge in [0.05, 0.1) is 6.04 Å². The molecule has 0 bridgehead atoms. The summed E-state index contributed by atoms with van der Waals surface area (Å²) in [6.45, 7) is 3.89. The quantitative estimate of drug-likeness (QED) is 0.741. The number of anilines is 1. The van der Waals surface area contributed by atoms with Crippen LogP contribution in [0.1, 0.15) is 53.4 Å². The summed E-state index contributed by atoms with van der Waals surface area (Å²) in [5, 5.41) is 7.39. The van der Waals surface area contributed by atoms with E-state index in [-0.39, 0.29) is 17.9 Å². The zero-order valence-electron chi connectivity index (χ0n) is 15.7. The van der Waals surface area contributed by atoms with Crippen LogP contribution in [0.25, 0.3) is 5.78 Å². The summed E-state index contributed by atoms with van der Waals surface area (Å²) in [5.74, 6) is 0.763. The molecule has 3 N–H and O–H groups in total. The van der Waals surface area contributed by atoms with Crippen LogP contribution >= 0.6 is 0 Å². The van der Waals surface area contributed by atoms with Crippen molar-refractivity contribution < 1.29 is 4.79 Å². The number of nitrogen functional groups attached to an aromatic ring is 1. The number of nitrogens with zero attached hydrogens (tertiary/aromatic N) is 4. The highest BCUT2D eigenvalue weighted by Crippen LogP contribution is 2.29. The highest BCUT2D eigenvalue weighted by Gasteiger charge is 2.21. The number of benzene rings is 1. The average Bonchev–Trinajstić information content (AvgIpc) is 3.02. The highest BCUT2D eigenvalue weighted by atomic mass is 16.1. The van der Waals surface area contributed by atoms with Crippen LogP contribution in [0, 0.1) is 13.8 Å². The second kappa shape index (κ2) is 6.98. The Morgan fingerprint density at radius 2 is 2.11 bits per heavy atom. The van der Waals surface area contributed by atoms with Gasteiger partial charge in [0.1, 0.15) is 0 Å². The van der Waals surface area contributed by atoms with Crippen molar-refractivity contribution in [2.75, 3.05) is 5.73 Å². The molecule has 3 aromatic rings. The molecule has 1 amide bonds. The van der Waals surface area contributed by atoms with E-state index in [4.69, 9.17) is 5.73 Å². The summed E-state index contributed by atoms with van der Waals surface area (Å²) in [6, 6.07) is 8.50. The Labute approximate surface area is 158 Å². The van der Waals surface area contributed by atoms with Crippen LogP contribution < -0.4 is 11.1 Å². The van der Waals surface area contributed by atoms with E-state index in [0.717, 1.165) is 36.2 Å². The van der Waals surface area contributed by atoms with Gasteiger partial charge in [0, 0.05) is 17.8 Å². The molecule has 2 aromatic heterocycles. The molecular weight excluding hydrogens is 340 g/mol. The number of aromatic nitrogens is 4. The number of amides is 1. The van der Waals surface area contributed by atoms with E-state index in [1.807, 2.05) is 19.9 Å². The first-order valence-electron chi connectivity index (χ1n) is 9.38. The molecule has 1 aliphatic carbocycles. The lowest BCUT2D eigenvalue weighted by atomic mass is 9.87. The molecular formula is C20H24N6O. The highest BCUT2D eigenvalue weighted by molar-refractivity contribution is 5.77. The van der Waals surface area contributed by atoms with Gasteiger partial charge in [-0.15, -0.1) is 5.10 Å². The number of rotatable bonds is 4. The Morgan fingerprint density at radius 3 is 2.96 bits per heavy atom. The molecule has 0 unspecified atom stereocenters. The van der Waals surface area contributed by atoms with Crippen molar-refractivity contribution in [2.45, 2.75) is 52.0 Å². The molecule has 140 valence electrons. The number of fused-ring (bicyclic) bond motifs is 2. The average molecular weight is 364 g/mol. The lowest BCUT2D eigenvalue weighted by Gasteiger charge is -2.26. The molecule has 0 saturated heterocycles. The normalized spacial score (nSPS) is 16.3. The van der Waals surface area contributed by atoms with Crippen LogP contribution in [0.3, 0.4) is 0 Å². The Balaban J connectivity index is 1.47. The fraction of sp³-hybridized carbons (Fsp3) is 0.400. The summed E-state index contributed by atoms with van der Waals surface area (Å²) in [7, 11) is 0. The molecule has 4 rings (SSSR count). The van der Waals surface area contributed by atoms with Crippen LogP contribution in [0.2, 0.25) is 0 Å². The Bertz CT molecular complexity index is 1010. The van der Waals surface area contributed by atoms with Gasteiger partial charge in [0.25, 0.3) is 5.78 Å². The fourth-order valence-corrected chi connectivity index (χ4v) is 3.99. The van der Waals surface area contributed by atoms with Crippen LogP contribution in [-0.4, -0.2) is 25.5 Å². The molecule has 2 heterocycles. The molecule has 7 nitrogen and oxygen atoms in total. The van der Waals surface area contributed by atoms with Gasteiger partial charge in [-0.1, -0.05) is 24.3 Å². The molecule has 0 saturated carbocycles. The third-order valence-electron chi connectivity index (χ3n) is 5.37. The third-order valence-corrected chi connectivity index (χ3v) is 5.37. The van der Waals surface area contributed by atoms with Gasteiger partial charge < -0.3 is 11.1 Å².